The first-order valence-corrected chi connectivity index (χ1v) is 5.95. The lowest BCUT2D eigenvalue weighted by molar-refractivity contribution is 0.467. The van der Waals surface area contributed by atoms with Crippen LogP contribution in [0.25, 0.3) is 0 Å². The molecule has 1 aromatic heterocycles. The molecule has 1 aromatic carbocycles. The Labute approximate surface area is 121 Å². The van der Waals surface area contributed by atoms with Crippen molar-refractivity contribution in [2.45, 2.75) is 0 Å². The fourth-order valence-corrected chi connectivity index (χ4v) is 1.87. The Bertz CT molecular complexity index is 594. The molecule has 0 fully saturated rings. The summed E-state index contributed by atoms with van der Waals surface area (Å²) in [5.74, 6) is -4.40. The van der Waals surface area contributed by atoms with Crippen molar-refractivity contribution in [3.63, 3.8) is 0 Å². The molecule has 0 radical (unpaired) electrons. The summed E-state index contributed by atoms with van der Waals surface area (Å²) in [4.78, 5) is 3.10. The molecule has 1 N–H and O–H groups in total. The summed E-state index contributed by atoms with van der Waals surface area (Å²) in [6.07, 6.45) is 0. The molecule has 0 atom stereocenters. The lowest BCUT2D eigenvalue weighted by Crippen LogP contribution is -2.02. The van der Waals surface area contributed by atoms with E-state index >= 15 is 0 Å². The second-order valence-electron chi connectivity index (χ2n) is 3.46. The molecule has 0 saturated heterocycles. The highest BCUT2D eigenvalue weighted by molar-refractivity contribution is 6.44. The van der Waals surface area contributed by atoms with Gasteiger partial charge >= 0.3 is 0 Å². The molecule has 0 unspecified atom stereocenters. The Kier molecular flexibility index (Phi) is 4.08. The highest BCUT2D eigenvalue weighted by Gasteiger charge is 2.14. The van der Waals surface area contributed by atoms with Crippen LogP contribution in [0.2, 0.25) is 15.1 Å². The van der Waals surface area contributed by atoms with Crippen molar-refractivity contribution < 1.29 is 13.2 Å². The molecule has 2 nitrogen and oxygen atoms in total. The van der Waals surface area contributed by atoms with Gasteiger partial charge in [0.25, 0.3) is 5.95 Å². The second-order valence-corrected chi connectivity index (χ2v) is 4.68. The van der Waals surface area contributed by atoms with Gasteiger partial charge in [-0.05, 0) is 12.1 Å². The quantitative estimate of drug-likeness (QED) is 0.605. The van der Waals surface area contributed by atoms with Crippen LogP contribution in [0.4, 0.5) is 24.7 Å². The van der Waals surface area contributed by atoms with Crippen LogP contribution < -0.4 is 5.32 Å². The maximum atomic E-state index is 13.4. The van der Waals surface area contributed by atoms with E-state index in [1.54, 1.807) is 0 Å². The predicted octanol–water partition coefficient (Wildman–Crippen LogP) is 5.20. The Morgan fingerprint density at radius 3 is 2.16 bits per heavy atom. The van der Waals surface area contributed by atoms with Gasteiger partial charge in [-0.3, -0.25) is 0 Å². The topological polar surface area (TPSA) is 24.9 Å². The van der Waals surface area contributed by atoms with Gasteiger partial charge in [0.05, 0.1) is 20.8 Å². The third-order valence-electron chi connectivity index (χ3n) is 2.15. The van der Waals surface area contributed by atoms with Crippen molar-refractivity contribution in [2.24, 2.45) is 0 Å². The Balaban J connectivity index is 2.42. The van der Waals surface area contributed by atoms with Crippen LogP contribution in [0, 0.1) is 17.6 Å². The highest BCUT2D eigenvalue weighted by Crippen LogP contribution is 2.34. The summed E-state index contributed by atoms with van der Waals surface area (Å²) in [6.45, 7) is 0. The predicted molar refractivity (Wildman–Crippen MR) is 68.9 cm³/mol. The third kappa shape index (κ3) is 3.05. The number of hydrogen-bond acceptors (Lipinski definition) is 2. The van der Waals surface area contributed by atoms with E-state index < -0.39 is 23.4 Å². The van der Waals surface area contributed by atoms with Crippen molar-refractivity contribution in [2.75, 3.05) is 5.32 Å². The number of nitrogens with one attached hydrogen (secondary N) is 1. The van der Waals surface area contributed by atoms with Crippen LogP contribution in [0.3, 0.4) is 0 Å². The van der Waals surface area contributed by atoms with Gasteiger partial charge in [0, 0.05) is 6.07 Å². The molecule has 2 aromatic rings. The molecule has 0 saturated carbocycles. The third-order valence-corrected chi connectivity index (χ3v) is 3.18. The maximum absolute atomic E-state index is 13.4. The van der Waals surface area contributed by atoms with Crippen molar-refractivity contribution in [1.29, 1.82) is 0 Å². The van der Waals surface area contributed by atoms with E-state index in [4.69, 9.17) is 34.8 Å². The van der Waals surface area contributed by atoms with Crippen LogP contribution in [0.5, 0.6) is 0 Å². The zero-order valence-electron chi connectivity index (χ0n) is 8.95. The normalized spacial score (nSPS) is 10.6. The zero-order valence-corrected chi connectivity index (χ0v) is 11.2. The molecule has 100 valence electrons. The summed E-state index contributed by atoms with van der Waals surface area (Å²) in [7, 11) is 0. The lowest BCUT2D eigenvalue weighted by Gasteiger charge is -2.10. The standard InChI is InChI=1S/C11H4Cl3F3N2/c12-4-1-6(14)9(2-5(4)13)18-11-8(16)3-7(15)10(17)19-11/h1-3H,(H,18,19). The van der Waals surface area contributed by atoms with Gasteiger partial charge in [0.2, 0.25) is 0 Å². The van der Waals surface area contributed by atoms with Crippen LogP contribution in [0.15, 0.2) is 18.2 Å². The molecule has 0 aliphatic heterocycles. The van der Waals surface area contributed by atoms with Gasteiger partial charge in [-0.1, -0.05) is 34.8 Å². The van der Waals surface area contributed by atoms with E-state index in [9.17, 15) is 13.2 Å². The van der Waals surface area contributed by atoms with E-state index in [0.29, 0.717) is 6.07 Å². The molecular weight excluding hydrogens is 323 g/mol. The fraction of sp³-hybridized carbons (Fsp3) is 0. The molecular formula is C11H4Cl3F3N2. The number of hydrogen-bond donors (Lipinski definition) is 1. The SMILES string of the molecule is Fc1cc(F)c(Nc2cc(Cl)c(Cl)cc2Cl)nc1F. The first-order valence-electron chi connectivity index (χ1n) is 4.81. The average Bonchev–Trinajstić information content (AvgIpc) is 2.32. The molecule has 0 bridgehead atoms. The van der Waals surface area contributed by atoms with Crippen molar-refractivity contribution in [1.82, 2.24) is 4.98 Å². The highest BCUT2D eigenvalue weighted by atomic mass is 35.5. The van der Waals surface area contributed by atoms with Gasteiger partial charge in [0.15, 0.2) is 17.5 Å². The van der Waals surface area contributed by atoms with Crippen LogP contribution in [-0.4, -0.2) is 4.98 Å². The summed E-state index contributed by atoms with van der Waals surface area (Å²) in [6, 6.07) is 3.01. The van der Waals surface area contributed by atoms with Crippen LogP contribution in [-0.2, 0) is 0 Å². The maximum Gasteiger partial charge on any atom is 0.251 e. The number of rotatable bonds is 2. The lowest BCUT2D eigenvalue weighted by atomic mass is 10.3. The summed E-state index contributed by atoms with van der Waals surface area (Å²) >= 11 is 17.3. The second kappa shape index (κ2) is 5.45. The molecule has 0 amide bonds. The number of aromatic nitrogens is 1. The number of nitrogens with zero attached hydrogens (tertiary/aromatic N) is 1. The number of halogens is 6. The van der Waals surface area contributed by atoms with Gasteiger partial charge in [0.1, 0.15) is 0 Å². The molecule has 0 spiro atoms. The minimum atomic E-state index is -1.43. The van der Waals surface area contributed by atoms with Crippen LogP contribution >= 0.6 is 34.8 Å². The Morgan fingerprint density at radius 2 is 1.47 bits per heavy atom. The number of anilines is 2. The minimum absolute atomic E-state index is 0.125. The number of benzene rings is 1. The number of pyridine rings is 1. The van der Waals surface area contributed by atoms with E-state index in [2.05, 4.69) is 10.3 Å². The molecule has 1 heterocycles. The van der Waals surface area contributed by atoms with E-state index in [1.165, 1.54) is 12.1 Å². The van der Waals surface area contributed by atoms with Crippen molar-refractivity contribution in [3.05, 3.63) is 50.8 Å². The van der Waals surface area contributed by atoms with Crippen LogP contribution in [0.1, 0.15) is 0 Å². The van der Waals surface area contributed by atoms with Gasteiger partial charge in [-0.25, -0.2) is 8.78 Å². The summed E-state index contributed by atoms with van der Waals surface area (Å²) in [5.41, 5.74) is 0.161. The van der Waals surface area contributed by atoms with Gasteiger partial charge in [-0.2, -0.15) is 9.37 Å². The van der Waals surface area contributed by atoms with Crippen molar-refractivity contribution >= 4 is 46.3 Å². The summed E-state index contributed by atoms with van der Waals surface area (Å²) in [5, 5.41) is 2.90. The summed E-state index contributed by atoms with van der Waals surface area (Å²) < 4.78 is 39.1. The van der Waals surface area contributed by atoms with Gasteiger partial charge < -0.3 is 5.32 Å². The molecule has 0 aliphatic carbocycles. The molecule has 19 heavy (non-hydrogen) atoms. The van der Waals surface area contributed by atoms with Gasteiger partial charge in [-0.15, -0.1) is 0 Å². The molecule has 2 rings (SSSR count). The average molecular weight is 328 g/mol. The Morgan fingerprint density at radius 1 is 0.842 bits per heavy atom. The minimum Gasteiger partial charge on any atom is -0.336 e. The van der Waals surface area contributed by atoms with E-state index in [0.717, 1.165) is 0 Å². The van der Waals surface area contributed by atoms with E-state index in [-0.39, 0.29) is 20.8 Å². The molecule has 8 heteroatoms. The smallest absolute Gasteiger partial charge is 0.251 e. The zero-order chi connectivity index (χ0) is 14.2. The van der Waals surface area contributed by atoms with Crippen molar-refractivity contribution in [3.8, 4) is 0 Å². The van der Waals surface area contributed by atoms with E-state index in [1.807, 2.05) is 0 Å². The monoisotopic (exact) mass is 326 g/mol. The first-order chi connectivity index (χ1) is 8.88. The largest absolute Gasteiger partial charge is 0.336 e. The first kappa shape index (κ1) is 14.2. The fourth-order valence-electron chi connectivity index (χ4n) is 1.28. The Hall–Kier alpha value is -1.17. The molecule has 0 aliphatic rings.